The van der Waals surface area contributed by atoms with Crippen LogP contribution in [0.2, 0.25) is 0 Å². The largest absolute Gasteiger partial charge is 0.228 e. The Morgan fingerprint density at radius 1 is 0.352 bits per heavy atom. The molecule has 9 aromatic rings. The molecule has 8 aromatic carbocycles. The minimum Gasteiger partial charge on any atom is -0.228 e. The minimum absolute atomic E-state index is 0.393. The molecule has 0 amide bonds. The van der Waals surface area contributed by atoms with E-state index in [2.05, 4.69) is 182 Å². The van der Waals surface area contributed by atoms with Gasteiger partial charge in [-0.05, 0) is 73.8 Å². The second kappa shape index (κ2) is 12.3. The molecule has 2 aliphatic rings. The monoisotopic (exact) mass is 704 g/mol. The summed E-state index contributed by atoms with van der Waals surface area (Å²) in [6.45, 7) is 0. The quantitative estimate of drug-likeness (QED) is 0.182. The van der Waals surface area contributed by atoms with E-state index in [1.54, 1.807) is 0 Å². The van der Waals surface area contributed by atoms with Crippen LogP contribution >= 0.6 is 11.8 Å². The molecule has 2 heterocycles. The number of benzene rings is 8. The van der Waals surface area contributed by atoms with Crippen LogP contribution in [0.1, 0.15) is 22.3 Å². The van der Waals surface area contributed by atoms with Gasteiger partial charge < -0.3 is 0 Å². The summed E-state index contributed by atoms with van der Waals surface area (Å²) >= 11 is 1.88. The molecule has 1 aliphatic heterocycles. The van der Waals surface area contributed by atoms with Crippen molar-refractivity contribution in [3.63, 3.8) is 0 Å². The summed E-state index contributed by atoms with van der Waals surface area (Å²) in [6, 6.07) is 70.2. The van der Waals surface area contributed by atoms with Gasteiger partial charge in [-0.3, -0.25) is 0 Å². The summed E-state index contributed by atoms with van der Waals surface area (Å²) in [6.07, 6.45) is 0. The number of hydrogen-bond donors (Lipinski definition) is 0. The summed E-state index contributed by atoms with van der Waals surface area (Å²) in [5, 5.41) is 1.04. The molecule has 0 radical (unpaired) electrons. The predicted octanol–water partition coefficient (Wildman–Crippen LogP) is 13.1. The Morgan fingerprint density at radius 2 is 0.889 bits per heavy atom. The summed E-state index contributed by atoms with van der Waals surface area (Å²) in [5.74, 6) is 0.723. The van der Waals surface area contributed by atoms with Crippen LogP contribution in [0.4, 0.5) is 0 Å². The van der Waals surface area contributed by atoms with Gasteiger partial charge in [-0.25, -0.2) is 9.97 Å². The van der Waals surface area contributed by atoms with E-state index in [0.717, 1.165) is 33.5 Å². The Balaban J connectivity index is 1.04. The Bertz CT molecular complexity index is 2850. The lowest BCUT2D eigenvalue weighted by Crippen LogP contribution is -2.31. The number of aromatic nitrogens is 2. The van der Waals surface area contributed by atoms with E-state index in [1.807, 2.05) is 23.9 Å². The van der Waals surface area contributed by atoms with E-state index in [4.69, 9.17) is 9.97 Å². The molecule has 2 nitrogen and oxygen atoms in total. The number of nitrogens with zero attached hydrogens (tertiary/aromatic N) is 2. The molecule has 0 saturated carbocycles. The van der Waals surface area contributed by atoms with Crippen LogP contribution in [0.5, 0.6) is 0 Å². The van der Waals surface area contributed by atoms with Crippen molar-refractivity contribution in [3.05, 3.63) is 216 Å². The highest BCUT2D eigenvalue weighted by molar-refractivity contribution is 7.99. The van der Waals surface area contributed by atoms with Gasteiger partial charge in [-0.1, -0.05) is 188 Å². The maximum absolute atomic E-state index is 5.22. The highest BCUT2D eigenvalue weighted by atomic mass is 32.2. The fourth-order valence-corrected chi connectivity index (χ4v) is 10.0. The van der Waals surface area contributed by atoms with E-state index in [1.165, 1.54) is 65.4 Å². The third-order valence-corrected chi connectivity index (χ3v) is 12.3. The second-order valence-corrected chi connectivity index (χ2v) is 15.1. The molecule has 0 atom stereocenters. The van der Waals surface area contributed by atoms with Crippen LogP contribution in [0.15, 0.2) is 204 Å². The Morgan fingerprint density at radius 3 is 1.65 bits per heavy atom. The summed E-state index contributed by atoms with van der Waals surface area (Å²) < 4.78 is 0. The number of rotatable bonds is 4. The van der Waals surface area contributed by atoms with Gasteiger partial charge in [-0.15, -0.1) is 0 Å². The van der Waals surface area contributed by atoms with Gasteiger partial charge >= 0.3 is 0 Å². The Hall–Kier alpha value is -6.55. The third-order valence-electron chi connectivity index (χ3n) is 11.2. The van der Waals surface area contributed by atoms with Crippen molar-refractivity contribution in [2.24, 2.45) is 0 Å². The van der Waals surface area contributed by atoms with Crippen molar-refractivity contribution in [3.8, 4) is 56.0 Å². The summed E-state index contributed by atoms with van der Waals surface area (Å²) in [4.78, 5) is 12.9. The smallest absolute Gasteiger partial charge is 0.160 e. The highest BCUT2D eigenvalue weighted by Crippen LogP contribution is 2.63. The molecule has 0 fully saturated rings. The van der Waals surface area contributed by atoms with Crippen LogP contribution in [0.25, 0.3) is 66.9 Å². The molecule has 0 saturated heterocycles. The molecule has 1 spiro atoms. The molecule has 0 N–H and O–H groups in total. The van der Waals surface area contributed by atoms with Crippen molar-refractivity contribution in [2.75, 3.05) is 0 Å². The lowest BCUT2D eigenvalue weighted by atomic mass is 9.67. The van der Waals surface area contributed by atoms with E-state index >= 15 is 0 Å². The molecule has 1 aromatic heterocycles. The van der Waals surface area contributed by atoms with Crippen LogP contribution in [0, 0.1) is 0 Å². The molecule has 0 bridgehead atoms. The molecule has 11 rings (SSSR count). The standard InChI is InChI=1S/C51H32N2S/c1-2-13-33(14-3-1)34-25-31-37(32-26-34)50-52-45-22-9-5-16-40(45)49(53-50)36-29-27-35(28-30-36)38-17-12-21-44-48(38)39-15-4-6-18-41(39)51(44)42-19-7-10-23-46(42)54-47-24-11-8-20-43(47)51/h1-32H. The van der Waals surface area contributed by atoms with E-state index in [-0.39, 0.29) is 0 Å². The van der Waals surface area contributed by atoms with Gasteiger partial charge in [-0.2, -0.15) is 0 Å². The average molecular weight is 705 g/mol. The number of hydrogen-bond acceptors (Lipinski definition) is 3. The first-order chi connectivity index (χ1) is 26.8. The molecular formula is C51H32N2S. The van der Waals surface area contributed by atoms with Crippen LogP contribution in [-0.2, 0) is 5.41 Å². The topological polar surface area (TPSA) is 25.8 Å². The van der Waals surface area contributed by atoms with Crippen molar-refractivity contribution in [1.29, 1.82) is 0 Å². The maximum atomic E-state index is 5.22. The maximum Gasteiger partial charge on any atom is 0.160 e. The van der Waals surface area contributed by atoms with E-state index in [0.29, 0.717) is 0 Å². The first-order valence-corrected chi connectivity index (χ1v) is 19.2. The third kappa shape index (κ3) is 4.62. The fourth-order valence-electron chi connectivity index (χ4n) is 8.82. The van der Waals surface area contributed by atoms with E-state index < -0.39 is 5.41 Å². The van der Waals surface area contributed by atoms with Crippen LogP contribution in [0.3, 0.4) is 0 Å². The van der Waals surface area contributed by atoms with Crippen molar-refractivity contribution in [2.45, 2.75) is 15.2 Å². The lowest BCUT2D eigenvalue weighted by Gasteiger charge is -2.39. The van der Waals surface area contributed by atoms with Crippen LogP contribution < -0.4 is 0 Å². The minimum atomic E-state index is -0.393. The van der Waals surface area contributed by atoms with Gasteiger partial charge in [0.15, 0.2) is 5.82 Å². The molecule has 54 heavy (non-hydrogen) atoms. The summed E-state index contributed by atoms with van der Waals surface area (Å²) in [7, 11) is 0. The van der Waals surface area contributed by atoms with Gasteiger partial charge in [0.2, 0.25) is 0 Å². The SMILES string of the molecule is c1ccc(-c2ccc(-c3nc(-c4ccc(-c5cccc6c5-c5ccccc5C65c6ccccc6Sc6ccccc65)cc4)c4ccccc4n3)cc2)cc1. The fraction of sp³-hybridized carbons (Fsp3) is 0.0196. The first kappa shape index (κ1) is 31.0. The zero-order valence-corrected chi connectivity index (χ0v) is 30.1. The molecule has 3 heteroatoms. The first-order valence-electron chi connectivity index (χ1n) is 18.4. The number of para-hydroxylation sites is 1. The van der Waals surface area contributed by atoms with Crippen molar-refractivity contribution >= 4 is 22.7 Å². The van der Waals surface area contributed by atoms with E-state index in [9.17, 15) is 0 Å². The van der Waals surface area contributed by atoms with Gasteiger partial charge in [0.1, 0.15) is 0 Å². The van der Waals surface area contributed by atoms with Gasteiger partial charge in [0.25, 0.3) is 0 Å². The van der Waals surface area contributed by atoms with Crippen molar-refractivity contribution in [1.82, 2.24) is 9.97 Å². The zero-order chi connectivity index (χ0) is 35.6. The normalized spacial score (nSPS) is 13.3. The molecule has 252 valence electrons. The predicted molar refractivity (Wildman–Crippen MR) is 223 cm³/mol. The Kier molecular flexibility index (Phi) is 7.05. The van der Waals surface area contributed by atoms with Crippen molar-refractivity contribution < 1.29 is 0 Å². The molecular weight excluding hydrogens is 673 g/mol. The molecule has 0 unspecified atom stereocenters. The zero-order valence-electron chi connectivity index (χ0n) is 29.3. The molecule has 1 aliphatic carbocycles. The van der Waals surface area contributed by atoms with Crippen LogP contribution in [-0.4, -0.2) is 9.97 Å². The van der Waals surface area contributed by atoms with Gasteiger partial charge in [0.05, 0.1) is 16.6 Å². The van der Waals surface area contributed by atoms with Gasteiger partial charge in [0, 0.05) is 26.3 Å². The number of fused-ring (bicyclic) bond motifs is 10. The highest BCUT2D eigenvalue weighted by Gasteiger charge is 2.50. The average Bonchev–Trinajstić information content (AvgIpc) is 3.54. The lowest BCUT2D eigenvalue weighted by molar-refractivity contribution is 0.722. The Labute approximate surface area is 318 Å². The second-order valence-electron chi connectivity index (χ2n) is 14.1. The summed E-state index contributed by atoms with van der Waals surface area (Å²) in [5.41, 5.74) is 16.3.